The zero-order valence-electron chi connectivity index (χ0n) is 34.9. The van der Waals surface area contributed by atoms with E-state index in [1.54, 1.807) is 0 Å². The maximum atomic E-state index is 7.45. The normalized spacial score (nSPS) is 11.9. The van der Waals surface area contributed by atoms with Crippen molar-refractivity contribution in [2.45, 2.75) is 19.5 Å². The van der Waals surface area contributed by atoms with Crippen LogP contribution in [-0.2, 0) is 51.2 Å². The van der Waals surface area contributed by atoms with Crippen molar-refractivity contribution in [1.29, 1.82) is 0 Å². The summed E-state index contributed by atoms with van der Waals surface area (Å²) >= 11 is 0. The standard InChI is InChI=1S/C26H24P2.C16H13Si.C15H9.2Au/c1-5-13-23(14-6-1)27(24-15-7-2-8-16-24)21-22-28(25-17-9-3-10-18-25)26-19-11-4-12-20-26;1-4-12-8-7-11-15-16(12)13-9-5-6-10-14(13)17(15,2)3;1-2-11-7-5-8-13-10-12-6-3-4-9-14(12)15(11)13;;/h1-20H,21-22H2;5-11H,2-3H3;3-9H,10H2;;/q;2*-1;2*+1/p+2. The van der Waals surface area contributed by atoms with Crippen LogP contribution in [-0.4, -0.2) is 20.4 Å². The van der Waals surface area contributed by atoms with Crippen LogP contribution in [0.15, 0.2) is 206 Å². The third-order valence-electron chi connectivity index (χ3n) is 11.8. The summed E-state index contributed by atoms with van der Waals surface area (Å²) in [5.74, 6) is 5.10. The monoisotopic (exact) mass is 1220 g/mol. The molecule has 0 aromatic heterocycles. The molecule has 1 heterocycles. The molecule has 0 fully saturated rings. The molecule has 0 bridgehead atoms. The van der Waals surface area contributed by atoms with Gasteiger partial charge >= 0.3 is 44.8 Å². The van der Waals surface area contributed by atoms with E-state index in [2.05, 4.69) is 213 Å². The van der Waals surface area contributed by atoms with Crippen molar-refractivity contribution >= 4 is 55.5 Å². The molecule has 8 aromatic rings. The van der Waals surface area contributed by atoms with Crippen molar-refractivity contribution < 1.29 is 44.8 Å². The maximum Gasteiger partial charge on any atom is 1.00 e. The van der Waals surface area contributed by atoms with E-state index in [0.29, 0.717) is 0 Å². The molecule has 0 amide bonds. The van der Waals surface area contributed by atoms with Crippen LogP contribution >= 0.6 is 15.8 Å². The second-order valence-corrected chi connectivity index (χ2v) is 25.3. The van der Waals surface area contributed by atoms with Gasteiger partial charge in [0.25, 0.3) is 0 Å². The smallest absolute Gasteiger partial charge is 0.366 e. The molecule has 0 saturated heterocycles. The molecule has 10 rings (SSSR count). The van der Waals surface area contributed by atoms with Gasteiger partial charge in [0.1, 0.15) is 20.4 Å². The molecular formula is C57H48Au2P2Si+2. The Labute approximate surface area is 404 Å². The third-order valence-corrected chi connectivity index (χ3v) is 21.5. The number of hydrogen-bond donors (Lipinski definition) is 0. The van der Waals surface area contributed by atoms with Crippen molar-refractivity contribution in [2.75, 3.05) is 12.3 Å². The summed E-state index contributed by atoms with van der Waals surface area (Å²) in [6, 6.07) is 73.9. The predicted molar refractivity (Wildman–Crippen MR) is 266 cm³/mol. The molecule has 0 atom stereocenters. The summed E-state index contributed by atoms with van der Waals surface area (Å²) in [7, 11) is -3.12. The summed E-state index contributed by atoms with van der Waals surface area (Å²) in [6.45, 7) is 4.76. The Balaban J connectivity index is 0.000000162. The van der Waals surface area contributed by atoms with Gasteiger partial charge in [-0.15, -0.1) is 23.3 Å². The minimum absolute atomic E-state index is 0. The zero-order chi connectivity index (χ0) is 41.3. The molecule has 0 nitrogen and oxygen atoms in total. The van der Waals surface area contributed by atoms with Crippen molar-refractivity contribution in [3.8, 4) is 34.1 Å². The van der Waals surface area contributed by atoms with Crippen LogP contribution in [0.3, 0.4) is 0 Å². The molecule has 62 heavy (non-hydrogen) atoms. The Morgan fingerprint density at radius 1 is 0.403 bits per heavy atom. The molecule has 0 spiro atoms. The van der Waals surface area contributed by atoms with Crippen molar-refractivity contribution in [1.82, 2.24) is 0 Å². The van der Waals surface area contributed by atoms with E-state index in [1.807, 2.05) is 18.2 Å². The van der Waals surface area contributed by atoms with Crippen molar-refractivity contribution in [2.24, 2.45) is 0 Å². The number of benzene rings is 8. The van der Waals surface area contributed by atoms with E-state index in [-0.39, 0.29) is 44.8 Å². The fourth-order valence-corrected chi connectivity index (χ4v) is 18.2. The molecule has 0 unspecified atom stereocenters. The first-order valence-corrected chi connectivity index (χ1v) is 27.1. The van der Waals surface area contributed by atoms with Gasteiger partial charge in [0.2, 0.25) is 0 Å². The average Bonchev–Trinajstić information content (AvgIpc) is 3.81. The predicted octanol–water partition coefficient (Wildman–Crippen LogP) is 10.3. The fourth-order valence-electron chi connectivity index (χ4n) is 8.87. The summed E-state index contributed by atoms with van der Waals surface area (Å²) in [5, 5.41) is 8.98. The molecule has 8 aromatic carbocycles. The van der Waals surface area contributed by atoms with E-state index in [1.165, 1.54) is 77.3 Å². The van der Waals surface area contributed by atoms with Gasteiger partial charge in [-0.25, -0.2) is 0 Å². The first-order chi connectivity index (χ1) is 29.5. The minimum atomic E-state index is -1.55. The van der Waals surface area contributed by atoms with Crippen LogP contribution in [0.4, 0.5) is 0 Å². The molecule has 0 radical (unpaired) electrons. The largest absolute Gasteiger partial charge is 1.00 e. The number of hydrogen-bond acceptors (Lipinski definition) is 0. The van der Waals surface area contributed by atoms with Crippen LogP contribution in [0.1, 0.15) is 22.3 Å². The molecule has 2 aliphatic rings. The summed E-state index contributed by atoms with van der Waals surface area (Å²) in [6.07, 6.45) is 18.3. The third kappa shape index (κ3) is 10.3. The van der Waals surface area contributed by atoms with Gasteiger partial charge in [0.05, 0.1) is 37.1 Å². The minimum Gasteiger partial charge on any atom is -0.366 e. The first-order valence-electron chi connectivity index (χ1n) is 20.7. The maximum absolute atomic E-state index is 7.45. The second kappa shape index (κ2) is 22.2. The molecule has 310 valence electrons. The second-order valence-electron chi connectivity index (χ2n) is 15.7. The van der Waals surface area contributed by atoms with Gasteiger partial charge in [0, 0.05) is 0 Å². The van der Waals surface area contributed by atoms with Gasteiger partial charge < -0.3 is 12.8 Å². The molecule has 0 N–H and O–H groups in total. The average molecular weight is 1220 g/mol. The topological polar surface area (TPSA) is 0 Å². The molecule has 1 aliphatic heterocycles. The number of rotatable bonds is 7. The van der Waals surface area contributed by atoms with E-state index < -0.39 is 23.9 Å². The van der Waals surface area contributed by atoms with Crippen LogP contribution in [0, 0.1) is 24.7 Å². The Morgan fingerprint density at radius 2 is 0.774 bits per heavy atom. The quantitative estimate of drug-likeness (QED) is 0.0646. The summed E-state index contributed by atoms with van der Waals surface area (Å²) in [4.78, 5) is 0. The van der Waals surface area contributed by atoms with Gasteiger partial charge in [0.15, 0.2) is 0 Å². The Kier molecular flexibility index (Phi) is 16.8. The van der Waals surface area contributed by atoms with Crippen molar-refractivity contribution in [3.63, 3.8) is 0 Å². The Bertz CT molecular complexity index is 2630. The summed E-state index contributed by atoms with van der Waals surface area (Å²) < 4.78 is 0. The zero-order valence-corrected chi connectivity index (χ0v) is 42.2. The van der Waals surface area contributed by atoms with Crippen LogP contribution < -0.4 is 31.6 Å². The van der Waals surface area contributed by atoms with E-state index in [4.69, 9.17) is 12.8 Å². The number of fused-ring (bicyclic) bond motifs is 6. The van der Waals surface area contributed by atoms with Gasteiger partial charge in [-0.1, -0.05) is 181 Å². The van der Waals surface area contributed by atoms with Gasteiger partial charge in [-0.3, -0.25) is 11.8 Å². The Hall–Kier alpha value is -4.56. The van der Waals surface area contributed by atoms with Crippen molar-refractivity contribution in [3.05, 3.63) is 241 Å². The van der Waals surface area contributed by atoms with Crippen LogP contribution in [0.5, 0.6) is 0 Å². The molecule has 0 saturated carbocycles. The fraction of sp³-hybridized carbons (Fsp3) is 0.0877. The summed E-state index contributed by atoms with van der Waals surface area (Å²) in [5.41, 5.74) is 9.52. The van der Waals surface area contributed by atoms with Gasteiger partial charge in [-0.2, -0.15) is 0 Å². The SMILES string of the molecule is [Au+].[Au+].[C-]#Cc1cccc2c1-c1ccccc1C2.[C-]#Cc1cccc2c1-c1ccccc1[Si]2(C)C.c1ccc([PH+](CC[PH+](c2ccccc2)c2ccccc2)c2ccccc2)cc1. The van der Waals surface area contributed by atoms with E-state index >= 15 is 0 Å². The molecule has 1 aliphatic carbocycles. The van der Waals surface area contributed by atoms with Crippen LogP contribution in [0.2, 0.25) is 13.1 Å². The molecule has 5 heteroatoms. The van der Waals surface area contributed by atoms with E-state index in [0.717, 1.165) is 17.5 Å². The van der Waals surface area contributed by atoms with E-state index in [9.17, 15) is 0 Å². The molecular weight excluding hydrogens is 1170 g/mol. The Morgan fingerprint density at radius 3 is 1.26 bits per heavy atom. The van der Waals surface area contributed by atoms with Gasteiger partial charge in [-0.05, 0) is 76.8 Å². The van der Waals surface area contributed by atoms with Crippen LogP contribution in [0.25, 0.3) is 22.3 Å². The first kappa shape index (κ1) is 46.9.